The molecule has 2 amide bonds. The van der Waals surface area contributed by atoms with Gasteiger partial charge in [-0.2, -0.15) is 0 Å². The maximum atomic E-state index is 11.9. The van der Waals surface area contributed by atoms with E-state index in [4.69, 9.17) is 9.47 Å². The van der Waals surface area contributed by atoms with Gasteiger partial charge in [-0.15, -0.1) is 0 Å². The van der Waals surface area contributed by atoms with Crippen molar-refractivity contribution in [3.05, 3.63) is 59.7 Å². The highest BCUT2D eigenvalue weighted by Crippen LogP contribution is 2.24. The van der Waals surface area contributed by atoms with Crippen molar-refractivity contribution in [3.8, 4) is 5.75 Å². The van der Waals surface area contributed by atoms with Crippen LogP contribution in [-0.4, -0.2) is 25.7 Å². The van der Waals surface area contributed by atoms with E-state index < -0.39 is 6.09 Å². The van der Waals surface area contributed by atoms with Crippen molar-refractivity contribution >= 4 is 17.7 Å². The molecular weight excluding hydrogens is 308 g/mol. The zero-order valence-corrected chi connectivity index (χ0v) is 13.7. The highest BCUT2D eigenvalue weighted by atomic mass is 16.5. The van der Waals surface area contributed by atoms with Gasteiger partial charge in [0.25, 0.3) is 0 Å². The predicted molar refractivity (Wildman–Crippen MR) is 91.0 cm³/mol. The number of hydrogen-bond donors (Lipinski definition) is 2. The molecule has 0 saturated carbocycles. The average molecular weight is 328 g/mol. The lowest BCUT2D eigenvalue weighted by Gasteiger charge is -2.11. The van der Waals surface area contributed by atoms with Crippen LogP contribution in [0.15, 0.2) is 48.5 Å². The summed E-state index contributed by atoms with van der Waals surface area (Å²) in [4.78, 5) is 23.5. The Labute approximate surface area is 140 Å². The summed E-state index contributed by atoms with van der Waals surface area (Å²) >= 11 is 0. The Balaban J connectivity index is 1.78. The number of amides is 2. The van der Waals surface area contributed by atoms with Gasteiger partial charge in [-0.1, -0.05) is 36.4 Å². The quantitative estimate of drug-likeness (QED) is 0.855. The van der Waals surface area contributed by atoms with Gasteiger partial charge in [-0.05, 0) is 30.2 Å². The molecule has 0 aliphatic heterocycles. The van der Waals surface area contributed by atoms with Crippen LogP contribution in [0.25, 0.3) is 0 Å². The second kappa shape index (κ2) is 8.57. The number of ether oxygens (including phenoxy) is 2. The SMILES string of the molecule is COc1ccc(C)cc1NC(=O)CNC(=O)OCc1ccccc1. The maximum Gasteiger partial charge on any atom is 0.407 e. The van der Waals surface area contributed by atoms with E-state index in [1.54, 1.807) is 12.1 Å². The Morgan fingerprint density at radius 1 is 1.08 bits per heavy atom. The third-order valence-corrected chi connectivity index (χ3v) is 3.24. The van der Waals surface area contributed by atoms with Gasteiger partial charge in [0.15, 0.2) is 0 Å². The first kappa shape index (κ1) is 17.3. The van der Waals surface area contributed by atoms with Crippen LogP contribution < -0.4 is 15.4 Å². The van der Waals surface area contributed by atoms with E-state index in [0.717, 1.165) is 11.1 Å². The van der Waals surface area contributed by atoms with Crippen molar-refractivity contribution < 1.29 is 19.1 Å². The summed E-state index contributed by atoms with van der Waals surface area (Å²) in [5.74, 6) is 0.191. The number of carbonyl (C=O) groups is 2. The topological polar surface area (TPSA) is 76.7 Å². The second-order valence-electron chi connectivity index (χ2n) is 5.17. The smallest absolute Gasteiger partial charge is 0.407 e. The lowest BCUT2D eigenvalue weighted by molar-refractivity contribution is -0.115. The lowest BCUT2D eigenvalue weighted by atomic mass is 10.2. The summed E-state index contributed by atoms with van der Waals surface area (Å²) in [6.07, 6.45) is -0.648. The molecule has 0 aliphatic rings. The minimum atomic E-state index is -0.648. The normalized spacial score (nSPS) is 9.92. The number of anilines is 1. The monoisotopic (exact) mass is 328 g/mol. The van der Waals surface area contributed by atoms with E-state index in [9.17, 15) is 9.59 Å². The number of hydrogen-bond acceptors (Lipinski definition) is 4. The molecule has 0 spiro atoms. The van der Waals surface area contributed by atoms with Crippen LogP contribution in [0, 0.1) is 6.92 Å². The molecule has 2 aromatic carbocycles. The molecule has 0 heterocycles. The molecule has 0 aromatic heterocycles. The van der Waals surface area contributed by atoms with E-state index in [2.05, 4.69) is 10.6 Å². The van der Waals surface area contributed by atoms with E-state index >= 15 is 0 Å². The van der Waals surface area contributed by atoms with Crippen molar-refractivity contribution in [2.24, 2.45) is 0 Å². The van der Waals surface area contributed by atoms with Crippen LogP contribution >= 0.6 is 0 Å². The molecule has 0 fully saturated rings. The van der Waals surface area contributed by atoms with Crippen molar-refractivity contribution in [1.29, 1.82) is 0 Å². The second-order valence-corrected chi connectivity index (χ2v) is 5.17. The summed E-state index contributed by atoms with van der Waals surface area (Å²) in [7, 11) is 1.53. The van der Waals surface area contributed by atoms with Gasteiger partial charge < -0.3 is 20.1 Å². The molecule has 24 heavy (non-hydrogen) atoms. The zero-order chi connectivity index (χ0) is 17.4. The molecule has 0 unspecified atom stereocenters. The largest absolute Gasteiger partial charge is 0.495 e. The number of aryl methyl sites for hydroxylation is 1. The van der Waals surface area contributed by atoms with Gasteiger partial charge in [0.05, 0.1) is 12.8 Å². The molecule has 0 aliphatic carbocycles. The molecule has 0 saturated heterocycles. The van der Waals surface area contributed by atoms with Crippen LogP contribution in [0.2, 0.25) is 0 Å². The van der Waals surface area contributed by atoms with Gasteiger partial charge >= 0.3 is 6.09 Å². The minimum Gasteiger partial charge on any atom is -0.495 e. The number of benzene rings is 2. The molecular formula is C18H20N2O4. The first-order valence-corrected chi connectivity index (χ1v) is 7.47. The Morgan fingerprint density at radius 3 is 2.54 bits per heavy atom. The third-order valence-electron chi connectivity index (χ3n) is 3.24. The van der Waals surface area contributed by atoms with Gasteiger partial charge in [-0.25, -0.2) is 4.79 Å². The summed E-state index contributed by atoms with van der Waals surface area (Å²) in [5.41, 5.74) is 2.42. The molecule has 2 N–H and O–H groups in total. The van der Waals surface area contributed by atoms with Crippen molar-refractivity contribution in [1.82, 2.24) is 5.32 Å². The summed E-state index contributed by atoms with van der Waals surface area (Å²) in [5, 5.41) is 5.11. The van der Waals surface area contributed by atoms with Gasteiger partial charge in [0, 0.05) is 0 Å². The fourth-order valence-corrected chi connectivity index (χ4v) is 2.04. The van der Waals surface area contributed by atoms with E-state index in [1.807, 2.05) is 43.3 Å². The number of rotatable bonds is 6. The number of alkyl carbamates (subject to hydrolysis) is 1. The minimum absolute atomic E-state index is 0.153. The van der Waals surface area contributed by atoms with Crippen LogP contribution in [-0.2, 0) is 16.1 Å². The van der Waals surface area contributed by atoms with Crippen molar-refractivity contribution in [3.63, 3.8) is 0 Å². The van der Waals surface area contributed by atoms with Crippen molar-refractivity contribution in [2.45, 2.75) is 13.5 Å². The first-order valence-electron chi connectivity index (χ1n) is 7.47. The maximum absolute atomic E-state index is 11.9. The van der Waals surface area contributed by atoms with Crippen LogP contribution in [0.5, 0.6) is 5.75 Å². The fraction of sp³-hybridized carbons (Fsp3) is 0.222. The number of carbonyl (C=O) groups excluding carboxylic acids is 2. The Bertz CT molecular complexity index is 701. The summed E-state index contributed by atoms with van der Waals surface area (Å²) in [6, 6.07) is 14.8. The highest BCUT2D eigenvalue weighted by Gasteiger charge is 2.10. The number of methoxy groups -OCH3 is 1. The molecule has 2 rings (SSSR count). The number of nitrogens with one attached hydrogen (secondary N) is 2. The molecule has 0 radical (unpaired) electrons. The standard InChI is InChI=1S/C18H20N2O4/c1-13-8-9-16(23-2)15(10-13)20-17(21)11-19-18(22)24-12-14-6-4-3-5-7-14/h3-10H,11-12H2,1-2H3,(H,19,22)(H,20,21). The Hall–Kier alpha value is -3.02. The molecule has 6 heteroatoms. The molecule has 126 valence electrons. The van der Waals surface area contributed by atoms with Crippen LogP contribution in [0.1, 0.15) is 11.1 Å². The predicted octanol–water partition coefficient (Wildman–Crippen LogP) is 2.87. The van der Waals surface area contributed by atoms with Crippen LogP contribution in [0.3, 0.4) is 0 Å². The van der Waals surface area contributed by atoms with E-state index in [-0.39, 0.29) is 19.1 Å². The van der Waals surface area contributed by atoms with Gasteiger partial charge in [-0.3, -0.25) is 4.79 Å². The van der Waals surface area contributed by atoms with E-state index in [0.29, 0.717) is 11.4 Å². The molecule has 6 nitrogen and oxygen atoms in total. The van der Waals surface area contributed by atoms with Crippen molar-refractivity contribution in [2.75, 3.05) is 19.0 Å². The third kappa shape index (κ3) is 5.31. The van der Waals surface area contributed by atoms with Gasteiger partial charge in [0.1, 0.15) is 18.9 Å². The fourth-order valence-electron chi connectivity index (χ4n) is 2.04. The van der Waals surface area contributed by atoms with Gasteiger partial charge in [0.2, 0.25) is 5.91 Å². The van der Waals surface area contributed by atoms with E-state index in [1.165, 1.54) is 7.11 Å². The Kier molecular flexibility index (Phi) is 6.19. The molecule has 2 aromatic rings. The lowest BCUT2D eigenvalue weighted by Crippen LogP contribution is -2.33. The Morgan fingerprint density at radius 2 is 1.83 bits per heavy atom. The molecule has 0 atom stereocenters. The summed E-state index contributed by atoms with van der Waals surface area (Å²) < 4.78 is 10.2. The highest BCUT2D eigenvalue weighted by molar-refractivity contribution is 5.95. The van der Waals surface area contributed by atoms with Crippen LogP contribution in [0.4, 0.5) is 10.5 Å². The summed E-state index contributed by atoms with van der Waals surface area (Å²) in [6.45, 7) is 1.87. The molecule has 0 bridgehead atoms. The first-order chi connectivity index (χ1) is 11.6. The average Bonchev–Trinajstić information content (AvgIpc) is 2.59. The zero-order valence-electron chi connectivity index (χ0n) is 13.7.